The van der Waals surface area contributed by atoms with E-state index in [-0.39, 0.29) is 0 Å². The predicted octanol–water partition coefficient (Wildman–Crippen LogP) is 1.51. The lowest BCUT2D eigenvalue weighted by Crippen LogP contribution is -2.54. The minimum atomic E-state index is 0.440. The van der Waals surface area contributed by atoms with E-state index in [2.05, 4.69) is 34.2 Å². The van der Waals surface area contributed by atoms with Crippen molar-refractivity contribution in [1.29, 1.82) is 0 Å². The fourth-order valence-electron chi connectivity index (χ4n) is 2.46. The molecule has 2 aromatic rings. The van der Waals surface area contributed by atoms with Gasteiger partial charge in [0.05, 0.1) is 12.8 Å². The highest BCUT2D eigenvalue weighted by atomic mass is 16.5. The number of rotatable bonds is 3. The number of hydrogen-bond acceptors (Lipinski definition) is 6. The van der Waals surface area contributed by atoms with Crippen molar-refractivity contribution in [1.82, 2.24) is 20.4 Å². The molecule has 0 aliphatic carbocycles. The van der Waals surface area contributed by atoms with Crippen molar-refractivity contribution in [3.05, 3.63) is 24.2 Å². The zero-order valence-electron chi connectivity index (χ0n) is 11.2. The maximum atomic E-state index is 5.25. The summed E-state index contributed by atoms with van der Waals surface area (Å²) in [6.07, 6.45) is 1.60. The zero-order chi connectivity index (χ0) is 13.2. The summed E-state index contributed by atoms with van der Waals surface area (Å²) in [5.74, 6) is 1.75. The van der Waals surface area contributed by atoms with Crippen LogP contribution in [0.1, 0.15) is 19.7 Å². The van der Waals surface area contributed by atoms with Gasteiger partial charge >= 0.3 is 0 Å². The summed E-state index contributed by atoms with van der Waals surface area (Å²) >= 11 is 0. The van der Waals surface area contributed by atoms with Gasteiger partial charge in [-0.15, -0.1) is 0 Å². The summed E-state index contributed by atoms with van der Waals surface area (Å²) in [5.41, 5.74) is 0. The molecule has 0 saturated carbocycles. The van der Waals surface area contributed by atoms with Gasteiger partial charge in [0.25, 0.3) is 5.89 Å². The molecule has 6 nitrogen and oxygen atoms in total. The van der Waals surface area contributed by atoms with Crippen LogP contribution in [-0.4, -0.2) is 40.2 Å². The van der Waals surface area contributed by atoms with Gasteiger partial charge < -0.3 is 14.3 Å². The van der Waals surface area contributed by atoms with Gasteiger partial charge in [-0.1, -0.05) is 5.16 Å². The summed E-state index contributed by atoms with van der Waals surface area (Å²) < 4.78 is 10.5. The normalized spacial score (nSPS) is 24.7. The monoisotopic (exact) mass is 262 g/mol. The summed E-state index contributed by atoms with van der Waals surface area (Å²) in [6.45, 7) is 7.10. The molecule has 3 heterocycles. The van der Waals surface area contributed by atoms with Crippen LogP contribution in [0.4, 0.5) is 0 Å². The van der Waals surface area contributed by atoms with Gasteiger partial charge in [0.2, 0.25) is 0 Å². The molecule has 1 aliphatic heterocycles. The molecule has 2 aromatic heterocycles. The van der Waals surface area contributed by atoms with Crippen molar-refractivity contribution in [2.24, 2.45) is 0 Å². The third kappa shape index (κ3) is 2.54. The Bertz CT molecular complexity index is 512. The Balaban J connectivity index is 1.73. The van der Waals surface area contributed by atoms with Crippen LogP contribution < -0.4 is 5.32 Å². The highest BCUT2D eigenvalue weighted by Gasteiger charge is 2.26. The number of furan rings is 1. The van der Waals surface area contributed by atoms with Crippen LogP contribution in [0, 0.1) is 0 Å². The van der Waals surface area contributed by atoms with Crippen molar-refractivity contribution >= 4 is 0 Å². The van der Waals surface area contributed by atoms with Gasteiger partial charge in [-0.3, -0.25) is 4.90 Å². The number of piperazine rings is 1. The third-order valence-electron chi connectivity index (χ3n) is 3.54. The van der Waals surface area contributed by atoms with E-state index in [1.54, 1.807) is 12.3 Å². The Morgan fingerprint density at radius 2 is 2.16 bits per heavy atom. The topological polar surface area (TPSA) is 67.3 Å². The molecule has 1 saturated heterocycles. The van der Waals surface area contributed by atoms with Crippen molar-refractivity contribution in [3.63, 3.8) is 0 Å². The first-order valence-corrected chi connectivity index (χ1v) is 6.57. The summed E-state index contributed by atoms with van der Waals surface area (Å²) in [5, 5.41) is 7.43. The van der Waals surface area contributed by atoms with Crippen LogP contribution in [0.25, 0.3) is 11.7 Å². The standard InChI is InChI=1S/C13H18N4O2/c1-9-6-14-7-10(2)17(9)8-12-15-13(19-16-12)11-4-3-5-18-11/h3-5,9-10,14H,6-8H2,1-2H3. The van der Waals surface area contributed by atoms with Gasteiger partial charge in [0.1, 0.15) is 0 Å². The van der Waals surface area contributed by atoms with Gasteiger partial charge in [-0.25, -0.2) is 0 Å². The largest absolute Gasteiger partial charge is 0.459 e. The molecule has 1 aliphatic rings. The first kappa shape index (κ1) is 12.4. The fourth-order valence-corrected chi connectivity index (χ4v) is 2.46. The molecule has 3 rings (SSSR count). The van der Waals surface area contributed by atoms with Gasteiger partial charge in [0, 0.05) is 25.2 Å². The molecule has 1 N–H and O–H groups in total. The molecule has 19 heavy (non-hydrogen) atoms. The summed E-state index contributed by atoms with van der Waals surface area (Å²) in [7, 11) is 0. The molecule has 2 atom stereocenters. The molecule has 0 aromatic carbocycles. The van der Waals surface area contributed by atoms with Crippen LogP contribution >= 0.6 is 0 Å². The molecule has 6 heteroatoms. The lowest BCUT2D eigenvalue weighted by molar-refractivity contribution is 0.104. The molecule has 1 fully saturated rings. The summed E-state index contributed by atoms with van der Waals surface area (Å²) in [6, 6.07) is 4.55. The Kier molecular flexibility index (Phi) is 3.35. The molecule has 0 amide bonds. The number of hydrogen-bond donors (Lipinski definition) is 1. The van der Waals surface area contributed by atoms with Crippen LogP contribution in [0.2, 0.25) is 0 Å². The lowest BCUT2D eigenvalue weighted by atomic mass is 10.1. The van der Waals surface area contributed by atoms with Crippen molar-refractivity contribution < 1.29 is 8.94 Å². The molecule has 2 unspecified atom stereocenters. The highest BCUT2D eigenvalue weighted by molar-refractivity contribution is 5.42. The van der Waals surface area contributed by atoms with Gasteiger partial charge in [-0.05, 0) is 26.0 Å². The molecular formula is C13H18N4O2. The van der Waals surface area contributed by atoms with Crippen molar-refractivity contribution in [2.75, 3.05) is 13.1 Å². The summed E-state index contributed by atoms with van der Waals surface area (Å²) in [4.78, 5) is 6.76. The molecule has 102 valence electrons. The lowest BCUT2D eigenvalue weighted by Gasteiger charge is -2.38. The van der Waals surface area contributed by atoms with E-state index in [0.717, 1.165) is 13.1 Å². The van der Waals surface area contributed by atoms with Crippen LogP contribution in [0.15, 0.2) is 27.3 Å². The Labute approximate surface area is 111 Å². The van der Waals surface area contributed by atoms with E-state index >= 15 is 0 Å². The Morgan fingerprint density at radius 3 is 2.84 bits per heavy atom. The average Bonchev–Trinajstić information content (AvgIpc) is 3.04. The van der Waals surface area contributed by atoms with E-state index in [0.29, 0.717) is 36.1 Å². The van der Waals surface area contributed by atoms with Crippen molar-refractivity contribution in [2.45, 2.75) is 32.5 Å². The van der Waals surface area contributed by atoms with Crippen LogP contribution in [0.3, 0.4) is 0 Å². The van der Waals surface area contributed by atoms with E-state index < -0.39 is 0 Å². The molecular weight excluding hydrogens is 244 g/mol. The van der Waals surface area contributed by atoms with E-state index in [9.17, 15) is 0 Å². The number of nitrogens with one attached hydrogen (secondary N) is 1. The first-order chi connectivity index (χ1) is 9.24. The fraction of sp³-hybridized carbons (Fsp3) is 0.538. The first-order valence-electron chi connectivity index (χ1n) is 6.57. The highest BCUT2D eigenvalue weighted by Crippen LogP contribution is 2.19. The Morgan fingerprint density at radius 1 is 1.37 bits per heavy atom. The zero-order valence-corrected chi connectivity index (χ0v) is 11.2. The number of nitrogens with zero attached hydrogens (tertiary/aromatic N) is 3. The van der Waals surface area contributed by atoms with Gasteiger partial charge in [0.15, 0.2) is 11.6 Å². The third-order valence-corrected chi connectivity index (χ3v) is 3.54. The predicted molar refractivity (Wildman–Crippen MR) is 69.3 cm³/mol. The Hall–Kier alpha value is -1.66. The molecule has 0 bridgehead atoms. The maximum absolute atomic E-state index is 5.25. The number of aromatic nitrogens is 2. The second-order valence-corrected chi connectivity index (χ2v) is 5.02. The average molecular weight is 262 g/mol. The van der Waals surface area contributed by atoms with Crippen LogP contribution in [-0.2, 0) is 6.54 Å². The van der Waals surface area contributed by atoms with E-state index in [4.69, 9.17) is 8.94 Å². The molecule has 0 spiro atoms. The second kappa shape index (κ2) is 5.14. The maximum Gasteiger partial charge on any atom is 0.293 e. The van der Waals surface area contributed by atoms with E-state index in [1.165, 1.54) is 0 Å². The quantitative estimate of drug-likeness (QED) is 0.904. The van der Waals surface area contributed by atoms with E-state index in [1.807, 2.05) is 6.07 Å². The SMILES string of the molecule is CC1CNCC(C)N1Cc1noc(-c2ccco2)n1. The minimum absolute atomic E-state index is 0.440. The van der Waals surface area contributed by atoms with Gasteiger partial charge in [-0.2, -0.15) is 4.98 Å². The minimum Gasteiger partial charge on any atom is -0.459 e. The molecule has 0 radical (unpaired) electrons. The van der Waals surface area contributed by atoms with Crippen LogP contribution in [0.5, 0.6) is 0 Å². The van der Waals surface area contributed by atoms with Crippen molar-refractivity contribution in [3.8, 4) is 11.7 Å². The second-order valence-electron chi connectivity index (χ2n) is 5.02. The smallest absolute Gasteiger partial charge is 0.293 e.